The number of rotatable bonds is 7. The van der Waals surface area contributed by atoms with Crippen LogP contribution < -0.4 is 4.74 Å². The quantitative estimate of drug-likeness (QED) is 0.505. The molecule has 25 heavy (non-hydrogen) atoms. The number of ketones is 1. The first-order chi connectivity index (χ1) is 12.2. The number of aromatic nitrogens is 3. The summed E-state index contributed by atoms with van der Waals surface area (Å²) in [6, 6.07) is 15.4. The van der Waals surface area contributed by atoms with Crippen LogP contribution in [0.15, 0.2) is 53.7 Å². The predicted molar refractivity (Wildman–Crippen MR) is 99.0 cm³/mol. The number of hydrogen-bond donors (Lipinski definition) is 1. The van der Waals surface area contributed by atoms with Crippen LogP contribution in [0.5, 0.6) is 5.75 Å². The molecule has 6 heteroatoms. The number of nitrogens with one attached hydrogen (secondary N) is 1. The lowest BCUT2D eigenvalue weighted by atomic mass is 10.1. The first-order valence-corrected chi connectivity index (χ1v) is 9.03. The minimum atomic E-state index is 0.0403. The number of thioether (sulfide) groups is 1. The second-order valence-corrected chi connectivity index (χ2v) is 6.38. The van der Waals surface area contributed by atoms with Crippen molar-refractivity contribution in [2.75, 3.05) is 6.61 Å². The van der Waals surface area contributed by atoms with Crippen LogP contribution in [0.1, 0.15) is 29.8 Å². The maximum atomic E-state index is 11.6. The van der Waals surface area contributed by atoms with Gasteiger partial charge in [0.05, 0.1) is 6.61 Å². The molecule has 0 atom stereocenters. The van der Waals surface area contributed by atoms with Crippen LogP contribution in [0.3, 0.4) is 0 Å². The second kappa shape index (κ2) is 7.98. The zero-order valence-corrected chi connectivity index (χ0v) is 15.0. The van der Waals surface area contributed by atoms with E-state index in [9.17, 15) is 4.79 Å². The van der Waals surface area contributed by atoms with Crippen molar-refractivity contribution in [2.45, 2.75) is 24.8 Å². The molecular formula is C19H19N3O2S. The number of Topliss-reactive ketones (excluding diaryl/α,β-unsaturated/α-hetero) is 1. The molecule has 0 bridgehead atoms. The van der Waals surface area contributed by atoms with Gasteiger partial charge in [-0.1, -0.05) is 42.1 Å². The minimum absolute atomic E-state index is 0.0403. The highest BCUT2D eigenvalue weighted by Gasteiger charge is 2.11. The summed E-state index contributed by atoms with van der Waals surface area (Å²) in [5.74, 6) is 2.20. The number of carbonyl (C=O) groups is 1. The summed E-state index contributed by atoms with van der Waals surface area (Å²) in [6.45, 7) is 4.08. The van der Waals surface area contributed by atoms with Crippen molar-refractivity contribution in [1.82, 2.24) is 15.2 Å². The Morgan fingerprint density at radius 2 is 2.00 bits per heavy atom. The lowest BCUT2D eigenvalue weighted by Gasteiger charge is -2.10. The van der Waals surface area contributed by atoms with E-state index in [1.165, 1.54) is 11.8 Å². The Morgan fingerprint density at radius 3 is 2.72 bits per heavy atom. The van der Waals surface area contributed by atoms with Gasteiger partial charge >= 0.3 is 0 Å². The average molecular weight is 353 g/mol. The second-order valence-electron chi connectivity index (χ2n) is 5.43. The van der Waals surface area contributed by atoms with Gasteiger partial charge in [0.25, 0.3) is 0 Å². The fourth-order valence-corrected chi connectivity index (χ4v) is 3.16. The lowest BCUT2D eigenvalue weighted by molar-refractivity contribution is 0.101. The van der Waals surface area contributed by atoms with Gasteiger partial charge in [-0.2, -0.15) is 0 Å². The topological polar surface area (TPSA) is 67.9 Å². The van der Waals surface area contributed by atoms with Gasteiger partial charge in [-0.05, 0) is 32.0 Å². The molecule has 0 unspecified atom stereocenters. The van der Waals surface area contributed by atoms with E-state index in [0.29, 0.717) is 23.1 Å². The van der Waals surface area contributed by atoms with Crippen LogP contribution in [-0.2, 0) is 5.75 Å². The zero-order valence-electron chi connectivity index (χ0n) is 14.2. The Bertz CT molecular complexity index is 862. The summed E-state index contributed by atoms with van der Waals surface area (Å²) in [5.41, 5.74) is 2.64. The number of aromatic amines is 1. The number of ether oxygens (including phenoxy) is 1. The third-order valence-corrected chi connectivity index (χ3v) is 4.53. The average Bonchev–Trinajstić information content (AvgIpc) is 3.11. The van der Waals surface area contributed by atoms with Crippen LogP contribution in [0.25, 0.3) is 11.4 Å². The number of hydrogen-bond acceptors (Lipinski definition) is 5. The van der Waals surface area contributed by atoms with E-state index in [2.05, 4.69) is 15.2 Å². The van der Waals surface area contributed by atoms with E-state index in [0.717, 1.165) is 22.7 Å². The van der Waals surface area contributed by atoms with Gasteiger partial charge in [0.1, 0.15) is 5.75 Å². The van der Waals surface area contributed by atoms with Crippen LogP contribution in [0.2, 0.25) is 0 Å². The SMILES string of the molecule is CCOc1ccc(C(C)=O)cc1CSc1n[nH]c(-c2ccccc2)n1. The molecule has 128 valence electrons. The molecule has 0 amide bonds. The summed E-state index contributed by atoms with van der Waals surface area (Å²) in [6.07, 6.45) is 0. The molecule has 3 rings (SSSR count). The standard InChI is InChI=1S/C19H19N3O2S/c1-3-24-17-10-9-15(13(2)23)11-16(17)12-25-19-20-18(21-22-19)14-7-5-4-6-8-14/h4-11H,3,12H2,1-2H3,(H,20,21,22). The minimum Gasteiger partial charge on any atom is -0.494 e. The highest BCUT2D eigenvalue weighted by atomic mass is 32.2. The summed E-state index contributed by atoms with van der Waals surface area (Å²) in [5, 5.41) is 7.88. The lowest BCUT2D eigenvalue weighted by Crippen LogP contribution is -1.99. The Labute approximate surface area is 150 Å². The fraction of sp³-hybridized carbons (Fsp3) is 0.211. The summed E-state index contributed by atoms with van der Waals surface area (Å²) in [4.78, 5) is 16.1. The maximum absolute atomic E-state index is 11.6. The highest BCUT2D eigenvalue weighted by Crippen LogP contribution is 2.28. The normalized spacial score (nSPS) is 10.6. The largest absolute Gasteiger partial charge is 0.494 e. The number of nitrogens with zero attached hydrogens (tertiary/aromatic N) is 2. The van der Waals surface area contributed by atoms with E-state index in [1.54, 1.807) is 13.0 Å². The third kappa shape index (κ3) is 4.28. The van der Waals surface area contributed by atoms with Crippen LogP contribution >= 0.6 is 11.8 Å². The molecule has 0 radical (unpaired) electrons. The Balaban J connectivity index is 1.76. The number of carbonyl (C=O) groups excluding carboxylic acids is 1. The van der Waals surface area contributed by atoms with E-state index < -0.39 is 0 Å². The van der Waals surface area contributed by atoms with Crippen LogP contribution in [0, 0.1) is 0 Å². The third-order valence-electron chi connectivity index (χ3n) is 3.64. The van der Waals surface area contributed by atoms with E-state index in [-0.39, 0.29) is 5.78 Å². The smallest absolute Gasteiger partial charge is 0.209 e. The van der Waals surface area contributed by atoms with Crippen LogP contribution in [-0.4, -0.2) is 27.6 Å². The van der Waals surface area contributed by atoms with Crippen molar-refractivity contribution >= 4 is 17.5 Å². The maximum Gasteiger partial charge on any atom is 0.209 e. The number of benzene rings is 2. The molecule has 0 saturated heterocycles. The van der Waals surface area contributed by atoms with Gasteiger partial charge in [-0.15, -0.1) is 5.10 Å². The first kappa shape index (κ1) is 17.2. The molecule has 5 nitrogen and oxygen atoms in total. The first-order valence-electron chi connectivity index (χ1n) is 8.04. The molecule has 0 aliphatic heterocycles. The van der Waals surface area contributed by atoms with Crippen molar-refractivity contribution in [3.63, 3.8) is 0 Å². The molecule has 2 aromatic carbocycles. The molecule has 1 aromatic heterocycles. The molecule has 0 aliphatic rings. The van der Waals surface area contributed by atoms with Gasteiger partial charge in [-0.3, -0.25) is 9.89 Å². The summed E-state index contributed by atoms with van der Waals surface area (Å²) < 4.78 is 5.66. The molecule has 0 saturated carbocycles. The monoisotopic (exact) mass is 353 g/mol. The van der Waals surface area contributed by atoms with E-state index in [1.807, 2.05) is 49.4 Å². The van der Waals surface area contributed by atoms with Crippen molar-refractivity contribution in [3.8, 4) is 17.1 Å². The molecular weight excluding hydrogens is 334 g/mol. The highest BCUT2D eigenvalue weighted by molar-refractivity contribution is 7.98. The van der Waals surface area contributed by atoms with Crippen molar-refractivity contribution in [3.05, 3.63) is 59.7 Å². The number of H-pyrrole nitrogens is 1. The van der Waals surface area contributed by atoms with Crippen molar-refractivity contribution in [1.29, 1.82) is 0 Å². The van der Waals surface area contributed by atoms with Gasteiger partial charge < -0.3 is 4.74 Å². The van der Waals surface area contributed by atoms with Gasteiger partial charge in [0, 0.05) is 22.4 Å². The van der Waals surface area contributed by atoms with Crippen LogP contribution in [0.4, 0.5) is 0 Å². The fourth-order valence-electron chi connectivity index (χ4n) is 2.39. The molecule has 0 aliphatic carbocycles. The van der Waals surface area contributed by atoms with Crippen molar-refractivity contribution < 1.29 is 9.53 Å². The Morgan fingerprint density at radius 1 is 1.20 bits per heavy atom. The Hall–Kier alpha value is -2.60. The van der Waals surface area contributed by atoms with Crippen molar-refractivity contribution in [2.24, 2.45) is 0 Å². The van der Waals surface area contributed by atoms with E-state index in [4.69, 9.17) is 4.74 Å². The summed E-state index contributed by atoms with van der Waals surface area (Å²) in [7, 11) is 0. The molecule has 0 fully saturated rings. The Kier molecular flexibility index (Phi) is 5.50. The van der Waals surface area contributed by atoms with Gasteiger partial charge in [0.2, 0.25) is 5.16 Å². The van der Waals surface area contributed by atoms with E-state index >= 15 is 0 Å². The van der Waals surface area contributed by atoms with Gasteiger partial charge in [0.15, 0.2) is 11.6 Å². The molecule has 3 aromatic rings. The molecule has 1 heterocycles. The zero-order chi connectivity index (χ0) is 17.6. The predicted octanol–water partition coefficient (Wildman–Crippen LogP) is 4.37. The molecule has 1 N–H and O–H groups in total. The summed E-state index contributed by atoms with van der Waals surface area (Å²) >= 11 is 1.50. The molecule has 0 spiro atoms. The van der Waals surface area contributed by atoms with Gasteiger partial charge in [-0.25, -0.2) is 4.98 Å².